The molecule has 3 aromatic rings. The fourth-order valence-electron chi connectivity index (χ4n) is 3.06. The first kappa shape index (κ1) is 20.1. The molecule has 29 heavy (non-hydrogen) atoms. The highest BCUT2D eigenvalue weighted by Crippen LogP contribution is 2.27. The number of Topliss-reactive ketones (excluding diaryl/α,β-unsaturated/α-hetero) is 1. The number of benzene rings is 3. The quantitative estimate of drug-likeness (QED) is 0.413. The first-order chi connectivity index (χ1) is 14.1. The third-order valence-corrected chi connectivity index (χ3v) is 4.51. The van der Waals surface area contributed by atoms with E-state index in [-0.39, 0.29) is 12.2 Å². The second kappa shape index (κ2) is 10.0. The minimum atomic E-state index is -1.28. The van der Waals surface area contributed by atoms with Crippen LogP contribution in [0.4, 0.5) is 0 Å². The molecule has 0 bridgehead atoms. The standard InChI is InChI=1S/C25H22O4/c26-24(27)16-8-15-23(20-11-5-2-6-12-20)25(28)21-13-7-14-22(17-21)29-18-19-9-3-1-4-10-19/h1-14,16-17,23H,15,18H2,(H,26,27)/p-1/b16-8+. The van der Waals surface area contributed by atoms with E-state index in [1.807, 2.05) is 66.7 Å². The normalized spacial score (nSPS) is 11.9. The first-order valence-electron chi connectivity index (χ1n) is 9.37. The Balaban J connectivity index is 1.78. The number of carbonyl (C=O) groups excluding carboxylic acids is 2. The van der Waals surface area contributed by atoms with Crippen molar-refractivity contribution in [3.05, 3.63) is 114 Å². The summed E-state index contributed by atoms with van der Waals surface area (Å²) in [5, 5.41) is 10.7. The average Bonchev–Trinajstić information content (AvgIpc) is 2.76. The van der Waals surface area contributed by atoms with Gasteiger partial charge in [-0.1, -0.05) is 78.9 Å². The van der Waals surface area contributed by atoms with Crippen molar-refractivity contribution < 1.29 is 19.4 Å². The monoisotopic (exact) mass is 385 g/mol. The van der Waals surface area contributed by atoms with Crippen molar-refractivity contribution in [2.45, 2.75) is 18.9 Å². The van der Waals surface area contributed by atoms with E-state index in [4.69, 9.17) is 4.74 Å². The molecule has 0 saturated carbocycles. The zero-order chi connectivity index (χ0) is 20.5. The van der Waals surface area contributed by atoms with Crippen LogP contribution in [-0.2, 0) is 11.4 Å². The molecule has 0 saturated heterocycles. The molecule has 1 unspecified atom stereocenters. The lowest BCUT2D eigenvalue weighted by atomic mass is 9.88. The Morgan fingerprint density at radius 1 is 0.897 bits per heavy atom. The summed E-state index contributed by atoms with van der Waals surface area (Å²) in [6.45, 7) is 0.412. The van der Waals surface area contributed by atoms with Gasteiger partial charge in [0.1, 0.15) is 12.4 Å². The van der Waals surface area contributed by atoms with Gasteiger partial charge in [-0.25, -0.2) is 0 Å². The number of carbonyl (C=O) groups is 2. The number of hydrogen-bond donors (Lipinski definition) is 0. The van der Waals surface area contributed by atoms with Crippen molar-refractivity contribution in [2.75, 3.05) is 0 Å². The predicted molar refractivity (Wildman–Crippen MR) is 109 cm³/mol. The van der Waals surface area contributed by atoms with Crippen LogP contribution in [0.3, 0.4) is 0 Å². The second-order valence-electron chi connectivity index (χ2n) is 6.59. The lowest BCUT2D eigenvalue weighted by molar-refractivity contribution is -0.297. The SMILES string of the molecule is O=C([O-])/C=C/CC(C(=O)c1cccc(OCc2ccccc2)c1)c1ccccc1. The largest absolute Gasteiger partial charge is 0.545 e. The molecule has 0 spiro atoms. The van der Waals surface area contributed by atoms with Crippen molar-refractivity contribution in [3.63, 3.8) is 0 Å². The molecule has 0 aliphatic rings. The zero-order valence-corrected chi connectivity index (χ0v) is 15.9. The molecule has 1 atom stereocenters. The van der Waals surface area contributed by atoms with Crippen molar-refractivity contribution in [2.24, 2.45) is 0 Å². The van der Waals surface area contributed by atoms with Crippen molar-refractivity contribution in [1.82, 2.24) is 0 Å². The van der Waals surface area contributed by atoms with Gasteiger partial charge < -0.3 is 14.6 Å². The van der Waals surface area contributed by atoms with Crippen LogP contribution in [0.15, 0.2) is 97.1 Å². The number of ketones is 1. The zero-order valence-electron chi connectivity index (χ0n) is 15.9. The molecule has 0 aromatic heterocycles. The van der Waals surface area contributed by atoms with Gasteiger partial charge in [0.15, 0.2) is 5.78 Å². The molecule has 4 nitrogen and oxygen atoms in total. The fraction of sp³-hybridized carbons (Fsp3) is 0.120. The maximum atomic E-state index is 13.2. The Labute approximate surface area is 170 Å². The molecular weight excluding hydrogens is 364 g/mol. The van der Waals surface area contributed by atoms with E-state index in [0.29, 0.717) is 17.9 Å². The van der Waals surface area contributed by atoms with Crippen LogP contribution < -0.4 is 9.84 Å². The van der Waals surface area contributed by atoms with Crippen LogP contribution in [0.25, 0.3) is 0 Å². The minimum absolute atomic E-state index is 0.0932. The molecule has 0 N–H and O–H groups in total. The Morgan fingerprint density at radius 3 is 2.28 bits per heavy atom. The van der Waals surface area contributed by atoms with Gasteiger partial charge in [0, 0.05) is 5.56 Å². The van der Waals surface area contributed by atoms with Gasteiger partial charge in [-0.15, -0.1) is 0 Å². The van der Waals surface area contributed by atoms with Crippen LogP contribution in [0.5, 0.6) is 5.75 Å². The summed E-state index contributed by atoms with van der Waals surface area (Å²) in [7, 11) is 0. The van der Waals surface area contributed by atoms with Crippen molar-refractivity contribution in [1.29, 1.82) is 0 Å². The van der Waals surface area contributed by atoms with Gasteiger partial charge >= 0.3 is 0 Å². The highest BCUT2D eigenvalue weighted by Gasteiger charge is 2.21. The van der Waals surface area contributed by atoms with E-state index < -0.39 is 11.9 Å². The molecule has 3 aromatic carbocycles. The number of carboxylic acids is 1. The van der Waals surface area contributed by atoms with E-state index in [1.165, 1.54) is 6.08 Å². The second-order valence-corrected chi connectivity index (χ2v) is 6.59. The van der Waals surface area contributed by atoms with Crippen molar-refractivity contribution >= 4 is 11.8 Å². The maximum Gasteiger partial charge on any atom is 0.170 e. The van der Waals surface area contributed by atoms with Gasteiger partial charge in [0.05, 0.1) is 11.9 Å². The lowest BCUT2D eigenvalue weighted by Gasteiger charge is -2.16. The summed E-state index contributed by atoms with van der Waals surface area (Å²) in [4.78, 5) is 23.9. The summed E-state index contributed by atoms with van der Waals surface area (Å²) in [5.74, 6) is -1.25. The Bertz CT molecular complexity index is 978. The molecule has 0 amide bonds. The third kappa shape index (κ3) is 5.91. The molecule has 0 fully saturated rings. The number of carboxylic acid groups (broad SMARTS) is 1. The Hall–Kier alpha value is -3.66. The average molecular weight is 385 g/mol. The van der Waals surface area contributed by atoms with Crippen LogP contribution in [0, 0.1) is 0 Å². The lowest BCUT2D eigenvalue weighted by Crippen LogP contribution is -2.19. The van der Waals surface area contributed by atoms with Crippen LogP contribution >= 0.6 is 0 Å². The van der Waals surface area contributed by atoms with Crippen LogP contribution in [0.2, 0.25) is 0 Å². The predicted octanol–water partition coefficient (Wildman–Crippen LogP) is 3.93. The molecule has 146 valence electrons. The molecular formula is C25H21O4-. The highest BCUT2D eigenvalue weighted by atomic mass is 16.5. The molecule has 0 radical (unpaired) electrons. The summed E-state index contributed by atoms with van der Waals surface area (Å²) in [6, 6.07) is 26.2. The third-order valence-electron chi connectivity index (χ3n) is 4.51. The van der Waals surface area contributed by atoms with E-state index in [0.717, 1.165) is 17.2 Å². The van der Waals surface area contributed by atoms with Gasteiger partial charge in [0.2, 0.25) is 0 Å². The van der Waals surface area contributed by atoms with Gasteiger partial charge in [0.25, 0.3) is 0 Å². The van der Waals surface area contributed by atoms with Crippen LogP contribution in [-0.4, -0.2) is 11.8 Å². The number of ether oxygens (including phenoxy) is 1. The Morgan fingerprint density at radius 2 is 1.59 bits per heavy atom. The van der Waals surface area contributed by atoms with Gasteiger partial charge in [-0.2, -0.15) is 0 Å². The van der Waals surface area contributed by atoms with Crippen molar-refractivity contribution in [3.8, 4) is 5.75 Å². The smallest absolute Gasteiger partial charge is 0.170 e. The highest BCUT2D eigenvalue weighted by molar-refractivity contribution is 6.01. The number of allylic oxidation sites excluding steroid dienone is 1. The molecule has 4 heteroatoms. The molecule has 0 aliphatic carbocycles. The number of rotatable bonds is 9. The van der Waals surface area contributed by atoms with Crippen LogP contribution in [0.1, 0.15) is 33.8 Å². The van der Waals surface area contributed by atoms with E-state index in [1.54, 1.807) is 18.2 Å². The Kier molecular flexibility index (Phi) is 6.95. The van der Waals surface area contributed by atoms with E-state index in [9.17, 15) is 14.7 Å². The summed E-state index contributed by atoms with van der Waals surface area (Å²) >= 11 is 0. The summed E-state index contributed by atoms with van der Waals surface area (Å²) < 4.78 is 5.83. The molecule has 0 heterocycles. The summed E-state index contributed by atoms with van der Waals surface area (Å²) in [6.07, 6.45) is 2.69. The first-order valence-corrected chi connectivity index (χ1v) is 9.37. The van der Waals surface area contributed by atoms with E-state index >= 15 is 0 Å². The number of aliphatic carboxylic acids is 1. The fourth-order valence-corrected chi connectivity index (χ4v) is 3.06. The van der Waals surface area contributed by atoms with Gasteiger partial charge in [-0.3, -0.25) is 4.79 Å². The number of hydrogen-bond acceptors (Lipinski definition) is 4. The van der Waals surface area contributed by atoms with Gasteiger partial charge in [-0.05, 0) is 35.8 Å². The maximum absolute atomic E-state index is 13.2. The minimum Gasteiger partial charge on any atom is -0.545 e. The summed E-state index contributed by atoms with van der Waals surface area (Å²) in [5.41, 5.74) is 2.39. The topological polar surface area (TPSA) is 66.4 Å². The molecule has 0 aliphatic heterocycles. The van der Waals surface area contributed by atoms with E-state index in [2.05, 4.69) is 0 Å². The molecule has 3 rings (SSSR count).